The normalized spacial score (nSPS) is 17.9. The molecule has 3 aromatic rings. The first-order valence-electron chi connectivity index (χ1n) is 12.0. The van der Waals surface area contributed by atoms with Gasteiger partial charge in [-0.1, -0.05) is 17.7 Å². The summed E-state index contributed by atoms with van der Waals surface area (Å²) in [6, 6.07) is 12.3. The van der Waals surface area contributed by atoms with Gasteiger partial charge in [-0.2, -0.15) is 5.10 Å². The summed E-state index contributed by atoms with van der Waals surface area (Å²) in [5.41, 5.74) is 4.29. The van der Waals surface area contributed by atoms with Crippen LogP contribution < -0.4 is 9.47 Å². The Kier molecular flexibility index (Phi) is 6.71. The van der Waals surface area contributed by atoms with E-state index in [4.69, 9.17) is 25.8 Å². The van der Waals surface area contributed by atoms with Gasteiger partial charge in [-0.25, -0.2) is 0 Å². The molecule has 7 nitrogen and oxygen atoms in total. The van der Waals surface area contributed by atoms with Gasteiger partial charge in [0.25, 0.3) is 0 Å². The number of halogens is 1. The Balaban J connectivity index is 1.22. The molecule has 8 heteroatoms. The zero-order valence-electron chi connectivity index (χ0n) is 20.3. The maximum Gasteiger partial charge on any atom is 0.310 e. The largest absolute Gasteiger partial charge is 0.489 e. The Morgan fingerprint density at radius 3 is 2.91 bits per heavy atom. The highest BCUT2D eigenvalue weighted by atomic mass is 35.5. The summed E-state index contributed by atoms with van der Waals surface area (Å²) in [5.74, 6) is 1.43. The maximum atomic E-state index is 11.8. The standard InChI is InChI=1S/C27H30ClN3O4/c1-17(2)31-24-7-4-18(11-23(24)26(28)29-31)15-34-22-6-5-20-10-19(16-35-25(20)12-22)13-30-9-8-21(14-30)27(32)33-3/h4-7,10-12,17,21H,8-9,13-16H2,1-3H3/t21-/m1/s1. The average Bonchev–Trinajstić information content (AvgIpc) is 3.46. The lowest BCUT2D eigenvalue weighted by molar-refractivity contribution is -0.144. The third-order valence-electron chi connectivity index (χ3n) is 6.61. The number of rotatable bonds is 7. The van der Waals surface area contributed by atoms with E-state index in [0.717, 1.165) is 59.6 Å². The smallest absolute Gasteiger partial charge is 0.310 e. The van der Waals surface area contributed by atoms with Crippen molar-refractivity contribution in [2.75, 3.05) is 33.4 Å². The zero-order chi connectivity index (χ0) is 24.5. The van der Waals surface area contributed by atoms with Crippen molar-refractivity contribution in [1.82, 2.24) is 14.7 Å². The van der Waals surface area contributed by atoms with Gasteiger partial charge in [-0.3, -0.25) is 14.4 Å². The van der Waals surface area contributed by atoms with Crippen LogP contribution in [0, 0.1) is 5.92 Å². The number of esters is 1. The molecule has 184 valence electrons. The topological polar surface area (TPSA) is 65.8 Å². The van der Waals surface area contributed by atoms with Gasteiger partial charge in [0.2, 0.25) is 0 Å². The van der Waals surface area contributed by atoms with Crippen molar-refractivity contribution >= 4 is 34.5 Å². The highest BCUT2D eigenvalue weighted by Gasteiger charge is 2.29. The zero-order valence-corrected chi connectivity index (χ0v) is 21.0. The minimum atomic E-state index is -0.118. The fraction of sp³-hybridized carbons (Fsp3) is 0.407. The van der Waals surface area contributed by atoms with Gasteiger partial charge in [-0.15, -0.1) is 0 Å². The number of aromatic nitrogens is 2. The lowest BCUT2D eigenvalue weighted by Crippen LogP contribution is -2.28. The van der Waals surface area contributed by atoms with Crippen LogP contribution in [0.5, 0.6) is 11.5 Å². The molecule has 35 heavy (non-hydrogen) atoms. The Morgan fingerprint density at radius 1 is 1.26 bits per heavy atom. The lowest BCUT2D eigenvalue weighted by atomic mass is 10.1. The molecular formula is C27H30ClN3O4. The highest BCUT2D eigenvalue weighted by molar-refractivity contribution is 6.34. The van der Waals surface area contributed by atoms with Gasteiger partial charge < -0.3 is 14.2 Å². The first-order chi connectivity index (χ1) is 16.9. The van der Waals surface area contributed by atoms with E-state index >= 15 is 0 Å². The molecular weight excluding hydrogens is 466 g/mol. The van der Waals surface area contributed by atoms with Crippen molar-refractivity contribution in [3.63, 3.8) is 0 Å². The Bertz CT molecular complexity index is 1280. The predicted molar refractivity (Wildman–Crippen MR) is 136 cm³/mol. The minimum absolute atomic E-state index is 0.0276. The van der Waals surface area contributed by atoms with Crippen molar-refractivity contribution in [1.29, 1.82) is 0 Å². The molecule has 2 aliphatic rings. The van der Waals surface area contributed by atoms with Gasteiger partial charge in [0.15, 0.2) is 5.15 Å². The molecule has 0 amide bonds. The molecule has 1 saturated heterocycles. The van der Waals surface area contributed by atoms with E-state index in [-0.39, 0.29) is 17.9 Å². The summed E-state index contributed by atoms with van der Waals surface area (Å²) >= 11 is 6.36. The van der Waals surface area contributed by atoms with E-state index in [9.17, 15) is 4.79 Å². The van der Waals surface area contributed by atoms with E-state index in [1.807, 2.05) is 41.1 Å². The monoisotopic (exact) mass is 495 g/mol. The van der Waals surface area contributed by atoms with Crippen LogP contribution in [0.25, 0.3) is 17.0 Å². The van der Waals surface area contributed by atoms with Crippen LogP contribution >= 0.6 is 11.6 Å². The molecule has 0 N–H and O–H groups in total. The molecule has 0 saturated carbocycles. The minimum Gasteiger partial charge on any atom is -0.489 e. The quantitative estimate of drug-likeness (QED) is 0.424. The van der Waals surface area contributed by atoms with Crippen molar-refractivity contribution in [2.24, 2.45) is 5.92 Å². The first kappa shape index (κ1) is 23.7. The summed E-state index contributed by atoms with van der Waals surface area (Å²) in [6.45, 7) is 7.56. The summed E-state index contributed by atoms with van der Waals surface area (Å²) in [4.78, 5) is 14.1. The SMILES string of the molecule is COC(=O)[C@@H]1CCN(CC2=Cc3ccc(OCc4ccc5c(c4)c(Cl)nn5C(C)C)cc3OC2)C1. The number of carbonyl (C=O) groups excluding carboxylic acids is 1. The molecule has 0 unspecified atom stereocenters. The Labute approximate surface area is 210 Å². The van der Waals surface area contributed by atoms with Gasteiger partial charge in [0.05, 0.1) is 18.5 Å². The van der Waals surface area contributed by atoms with Crippen LogP contribution in [0.3, 0.4) is 0 Å². The molecule has 1 aromatic heterocycles. The second kappa shape index (κ2) is 9.91. The van der Waals surface area contributed by atoms with Gasteiger partial charge in [-0.05, 0) is 68.3 Å². The van der Waals surface area contributed by atoms with Crippen LogP contribution in [0.15, 0.2) is 42.0 Å². The van der Waals surface area contributed by atoms with E-state index in [1.165, 1.54) is 12.7 Å². The predicted octanol–water partition coefficient (Wildman–Crippen LogP) is 5.12. The molecule has 3 heterocycles. The number of carbonyl (C=O) groups is 1. The van der Waals surface area contributed by atoms with Crippen LogP contribution in [0.4, 0.5) is 0 Å². The average molecular weight is 496 g/mol. The van der Waals surface area contributed by atoms with Crippen LogP contribution in [0.1, 0.15) is 37.4 Å². The van der Waals surface area contributed by atoms with Crippen molar-refractivity contribution in [3.05, 3.63) is 58.3 Å². The molecule has 2 aromatic carbocycles. The van der Waals surface area contributed by atoms with E-state index < -0.39 is 0 Å². The summed E-state index contributed by atoms with van der Waals surface area (Å²) < 4.78 is 18.9. The number of hydrogen-bond donors (Lipinski definition) is 0. The molecule has 0 bridgehead atoms. The van der Waals surface area contributed by atoms with Crippen molar-refractivity contribution in [3.8, 4) is 11.5 Å². The van der Waals surface area contributed by atoms with E-state index in [1.54, 1.807) is 0 Å². The van der Waals surface area contributed by atoms with Crippen molar-refractivity contribution < 1.29 is 19.0 Å². The molecule has 0 spiro atoms. The van der Waals surface area contributed by atoms with Crippen LogP contribution in [0.2, 0.25) is 5.15 Å². The van der Waals surface area contributed by atoms with Crippen molar-refractivity contribution in [2.45, 2.75) is 32.9 Å². The summed E-state index contributed by atoms with van der Waals surface area (Å²) in [7, 11) is 1.45. The fourth-order valence-electron chi connectivity index (χ4n) is 4.80. The lowest BCUT2D eigenvalue weighted by Gasteiger charge is -2.23. The third kappa shape index (κ3) is 5.02. The molecule has 1 atom stereocenters. The van der Waals surface area contributed by atoms with E-state index in [2.05, 4.69) is 29.9 Å². The number of methoxy groups -OCH3 is 1. The number of hydrogen-bond acceptors (Lipinski definition) is 6. The Hall–Kier alpha value is -3.03. The van der Waals surface area contributed by atoms with Gasteiger partial charge in [0.1, 0.15) is 24.7 Å². The number of nitrogens with zero attached hydrogens (tertiary/aromatic N) is 3. The second-order valence-corrected chi connectivity index (χ2v) is 9.86. The summed E-state index contributed by atoms with van der Waals surface area (Å²) in [5, 5.41) is 5.89. The molecule has 0 aliphatic carbocycles. The van der Waals surface area contributed by atoms with Gasteiger partial charge in [0, 0.05) is 36.1 Å². The molecule has 1 fully saturated rings. The number of benzene rings is 2. The molecule has 2 aliphatic heterocycles. The number of likely N-dealkylation sites (tertiary alicyclic amines) is 1. The number of fused-ring (bicyclic) bond motifs is 2. The number of ether oxygens (including phenoxy) is 3. The summed E-state index contributed by atoms with van der Waals surface area (Å²) in [6.07, 6.45) is 3.02. The fourth-order valence-corrected chi connectivity index (χ4v) is 5.03. The van der Waals surface area contributed by atoms with Gasteiger partial charge >= 0.3 is 5.97 Å². The second-order valence-electron chi connectivity index (χ2n) is 9.50. The third-order valence-corrected chi connectivity index (χ3v) is 6.89. The maximum absolute atomic E-state index is 11.8. The molecule has 0 radical (unpaired) electrons. The first-order valence-corrected chi connectivity index (χ1v) is 12.3. The Morgan fingerprint density at radius 2 is 2.11 bits per heavy atom. The highest BCUT2D eigenvalue weighted by Crippen LogP contribution is 2.32. The molecule has 5 rings (SSSR count). The van der Waals surface area contributed by atoms with E-state index in [0.29, 0.717) is 18.4 Å². The van der Waals surface area contributed by atoms with Crippen LogP contribution in [-0.4, -0.2) is 54.0 Å². The van der Waals surface area contributed by atoms with Crippen LogP contribution in [-0.2, 0) is 16.1 Å².